The molecule has 0 unspecified atom stereocenters. The van der Waals surface area contributed by atoms with Gasteiger partial charge in [0.25, 0.3) is 5.91 Å². The molecule has 0 bridgehead atoms. The lowest BCUT2D eigenvalue weighted by molar-refractivity contribution is -0.116. The number of hydrogen-bond donors (Lipinski definition) is 2. The van der Waals surface area contributed by atoms with Gasteiger partial charge < -0.3 is 15.4 Å². The average molecular weight is 347 g/mol. The van der Waals surface area contributed by atoms with Crippen molar-refractivity contribution >= 4 is 29.1 Å². The number of carbonyl (C=O) groups is 2. The van der Waals surface area contributed by atoms with Crippen molar-refractivity contribution in [1.29, 1.82) is 0 Å². The number of methoxy groups -OCH3 is 1. The molecule has 0 spiro atoms. The second kappa shape index (κ2) is 8.36. The summed E-state index contributed by atoms with van der Waals surface area (Å²) in [6, 6.07) is 12.2. The zero-order chi connectivity index (χ0) is 17.5. The summed E-state index contributed by atoms with van der Waals surface area (Å²) in [7, 11) is 1.51. The highest BCUT2D eigenvalue weighted by Crippen LogP contribution is 2.20. The number of para-hydroxylation sites is 1. The predicted octanol–water partition coefficient (Wildman–Crippen LogP) is 3.42. The first-order valence-electron chi connectivity index (χ1n) is 7.48. The van der Waals surface area contributed by atoms with Gasteiger partial charge in [-0.2, -0.15) is 0 Å². The van der Waals surface area contributed by atoms with Gasteiger partial charge in [0.1, 0.15) is 5.75 Å². The van der Waals surface area contributed by atoms with E-state index in [1.165, 1.54) is 7.11 Å². The highest BCUT2D eigenvalue weighted by Gasteiger charge is 2.12. The lowest BCUT2D eigenvalue weighted by Gasteiger charge is -2.10. The van der Waals surface area contributed by atoms with Crippen LogP contribution in [-0.2, 0) is 4.79 Å². The molecule has 0 heterocycles. The first-order chi connectivity index (χ1) is 11.5. The molecule has 0 saturated heterocycles. The Morgan fingerprint density at radius 3 is 2.67 bits per heavy atom. The molecule has 2 aromatic rings. The Hall–Kier alpha value is -2.53. The van der Waals surface area contributed by atoms with E-state index in [4.69, 9.17) is 16.3 Å². The number of carbonyl (C=O) groups excluding carboxylic acids is 2. The highest BCUT2D eigenvalue weighted by molar-refractivity contribution is 6.31. The molecule has 126 valence electrons. The Morgan fingerprint density at radius 2 is 1.92 bits per heavy atom. The number of ether oxygens (including phenoxy) is 1. The van der Waals surface area contributed by atoms with Gasteiger partial charge in [0.2, 0.25) is 5.91 Å². The highest BCUT2D eigenvalue weighted by atomic mass is 35.5. The minimum atomic E-state index is -0.279. The number of nitrogens with one attached hydrogen (secondary N) is 2. The second-order valence-electron chi connectivity index (χ2n) is 5.21. The zero-order valence-corrected chi connectivity index (χ0v) is 14.3. The summed E-state index contributed by atoms with van der Waals surface area (Å²) in [6.07, 6.45) is 0.160. The van der Waals surface area contributed by atoms with Gasteiger partial charge in [0.15, 0.2) is 0 Å². The molecule has 2 amide bonds. The number of amides is 2. The van der Waals surface area contributed by atoms with Crippen molar-refractivity contribution in [3.8, 4) is 5.75 Å². The van der Waals surface area contributed by atoms with E-state index in [-0.39, 0.29) is 24.8 Å². The van der Waals surface area contributed by atoms with Crippen LogP contribution >= 0.6 is 11.6 Å². The average Bonchev–Trinajstić information content (AvgIpc) is 2.58. The molecule has 6 heteroatoms. The van der Waals surface area contributed by atoms with E-state index in [2.05, 4.69) is 10.6 Å². The fraction of sp³-hybridized carbons (Fsp3) is 0.222. The zero-order valence-electron chi connectivity index (χ0n) is 13.6. The van der Waals surface area contributed by atoms with Gasteiger partial charge in [-0.05, 0) is 36.8 Å². The maximum atomic E-state index is 12.1. The molecule has 24 heavy (non-hydrogen) atoms. The molecule has 0 fully saturated rings. The third-order valence-corrected chi connectivity index (χ3v) is 3.70. The van der Waals surface area contributed by atoms with Crippen LogP contribution in [0.3, 0.4) is 0 Å². The number of hydrogen-bond acceptors (Lipinski definition) is 3. The second-order valence-corrected chi connectivity index (χ2v) is 5.65. The summed E-state index contributed by atoms with van der Waals surface area (Å²) in [5, 5.41) is 6.05. The molecule has 0 radical (unpaired) electrons. The quantitative estimate of drug-likeness (QED) is 0.842. The van der Waals surface area contributed by atoms with Crippen molar-refractivity contribution in [1.82, 2.24) is 5.32 Å². The van der Waals surface area contributed by atoms with Gasteiger partial charge in [-0.1, -0.05) is 29.8 Å². The Morgan fingerprint density at radius 1 is 1.17 bits per heavy atom. The number of aryl methyl sites for hydroxylation is 1. The van der Waals surface area contributed by atoms with Crippen molar-refractivity contribution in [3.63, 3.8) is 0 Å². The Labute approximate surface area is 146 Å². The van der Waals surface area contributed by atoms with E-state index < -0.39 is 0 Å². The molecule has 0 aromatic heterocycles. The van der Waals surface area contributed by atoms with Crippen molar-refractivity contribution in [3.05, 3.63) is 58.6 Å². The van der Waals surface area contributed by atoms with Gasteiger partial charge in [-0.15, -0.1) is 0 Å². The standard InChI is InChI=1S/C18H19ClN2O3/c1-12-7-8-13(19)11-15(12)21-17(22)9-10-20-18(23)14-5-3-4-6-16(14)24-2/h3-8,11H,9-10H2,1-2H3,(H,20,23)(H,21,22). The molecular formula is C18H19ClN2O3. The molecule has 0 aliphatic carbocycles. The van der Waals surface area contributed by atoms with Crippen LogP contribution in [0.2, 0.25) is 5.02 Å². The molecule has 2 rings (SSSR count). The first kappa shape index (κ1) is 17.8. The normalized spacial score (nSPS) is 10.1. The molecule has 0 atom stereocenters. The van der Waals surface area contributed by atoms with Gasteiger partial charge in [0.05, 0.1) is 12.7 Å². The lowest BCUT2D eigenvalue weighted by atomic mass is 10.2. The van der Waals surface area contributed by atoms with Crippen LogP contribution in [0.5, 0.6) is 5.75 Å². The monoisotopic (exact) mass is 346 g/mol. The number of benzene rings is 2. The van der Waals surface area contributed by atoms with Crippen LogP contribution in [0.25, 0.3) is 0 Å². The van der Waals surface area contributed by atoms with E-state index >= 15 is 0 Å². The van der Waals surface area contributed by atoms with E-state index in [0.717, 1.165) is 5.56 Å². The topological polar surface area (TPSA) is 67.4 Å². The molecule has 2 aromatic carbocycles. The Bertz CT molecular complexity index is 747. The SMILES string of the molecule is COc1ccccc1C(=O)NCCC(=O)Nc1cc(Cl)ccc1C. The number of rotatable bonds is 6. The summed E-state index contributed by atoms with van der Waals surface area (Å²) in [5.74, 6) is 0.0221. The Kier molecular flexibility index (Phi) is 6.21. The summed E-state index contributed by atoms with van der Waals surface area (Å²) in [4.78, 5) is 24.1. The van der Waals surface area contributed by atoms with E-state index in [1.807, 2.05) is 13.0 Å². The van der Waals surface area contributed by atoms with Gasteiger partial charge in [-0.3, -0.25) is 9.59 Å². The van der Waals surface area contributed by atoms with Crippen LogP contribution in [-0.4, -0.2) is 25.5 Å². The third-order valence-electron chi connectivity index (χ3n) is 3.46. The summed E-state index contributed by atoms with van der Waals surface area (Å²) in [5.41, 5.74) is 2.03. The van der Waals surface area contributed by atoms with Crippen LogP contribution in [0.4, 0.5) is 5.69 Å². The summed E-state index contributed by atoms with van der Waals surface area (Å²) < 4.78 is 5.14. The molecule has 5 nitrogen and oxygen atoms in total. The summed E-state index contributed by atoms with van der Waals surface area (Å²) in [6.45, 7) is 2.11. The molecule has 0 aliphatic rings. The van der Waals surface area contributed by atoms with Gasteiger partial charge >= 0.3 is 0 Å². The fourth-order valence-electron chi connectivity index (χ4n) is 2.16. The lowest BCUT2D eigenvalue weighted by Crippen LogP contribution is -2.28. The largest absolute Gasteiger partial charge is 0.496 e. The van der Waals surface area contributed by atoms with Crippen LogP contribution in [0, 0.1) is 6.92 Å². The first-order valence-corrected chi connectivity index (χ1v) is 7.86. The molecule has 2 N–H and O–H groups in total. The molecule has 0 saturated carbocycles. The Balaban J connectivity index is 1.86. The van der Waals surface area contributed by atoms with E-state index in [9.17, 15) is 9.59 Å². The van der Waals surface area contributed by atoms with Crippen molar-refractivity contribution in [2.75, 3.05) is 19.0 Å². The third kappa shape index (κ3) is 4.73. The minimum Gasteiger partial charge on any atom is -0.496 e. The van der Waals surface area contributed by atoms with Gasteiger partial charge in [-0.25, -0.2) is 0 Å². The van der Waals surface area contributed by atoms with Crippen molar-refractivity contribution in [2.45, 2.75) is 13.3 Å². The smallest absolute Gasteiger partial charge is 0.255 e. The fourth-order valence-corrected chi connectivity index (χ4v) is 2.33. The molecule has 0 aliphatic heterocycles. The van der Waals surface area contributed by atoms with Crippen LogP contribution in [0.15, 0.2) is 42.5 Å². The van der Waals surface area contributed by atoms with Crippen LogP contribution in [0.1, 0.15) is 22.3 Å². The maximum Gasteiger partial charge on any atom is 0.255 e. The van der Waals surface area contributed by atoms with Crippen molar-refractivity contribution in [2.24, 2.45) is 0 Å². The summed E-state index contributed by atoms with van der Waals surface area (Å²) >= 11 is 5.92. The molecular weight excluding hydrogens is 328 g/mol. The van der Waals surface area contributed by atoms with E-state index in [0.29, 0.717) is 22.0 Å². The van der Waals surface area contributed by atoms with E-state index in [1.54, 1.807) is 36.4 Å². The number of halogens is 1. The maximum absolute atomic E-state index is 12.1. The van der Waals surface area contributed by atoms with Crippen LogP contribution < -0.4 is 15.4 Å². The van der Waals surface area contributed by atoms with Gasteiger partial charge in [0, 0.05) is 23.7 Å². The minimum absolute atomic E-state index is 0.160. The number of anilines is 1. The predicted molar refractivity (Wildman–Crippen MR) is 94.8 cm³/mol. The van der Waals surface area contributed by atoms with Crippen molar-refractivity contribution < 1.29 is 14.3 Å².